The predicted octanol–water partition coefficient (Wildman–Crippen LogP) is 1.32. The second-order valence-electron chi connectivity index (χ2n) is 4.25. The molecule has 0 spiro atoms. The van der Waals surface area contributed by atoms with Crippen LogP contribution in [0.3, 0.4) is 0 Å². The fraction of sp³-hybridized carbons (Fsp3) is 0.636. The molecular formula is C11H19ClF2N4O. The van der Waals surface area contributed by atoms with Crippen LogP contribution in [0.4, 0.5) is 8.78 Å². The molecule has 1 heterocycles. The zero-order valence-electron chi connectivity index (χ0n) is 11.1. The Labute approximate surface area is 116 Å². The van der Waals surface area contributed by atoms with Crippen LogP contribution >= 0.6 is 12.4 Å². The number of nitrogens with zero attached hydrogens (tertiary/aromatic N) is 2. The van der Waals surface area contributed by atoms with Crippen LogP contribution in [0.5, 0.6) is 0 Å². The number of halogens is 3. The molecule has 0 saturated carbocycles. The van der Waals surface area contributed by atoms with Gasteiger partial charge in [-0.05, 0) is 20.8 Å². The quantitative estimate of drug-likeness (QED) is 0.861. The molecule has 8 heteroatoms. The topological polar surface area (TPSA) is 72.9 Å². The molecule has 5 nitrogen and oxygen atoms in total. The van der Waals surface area contributed by atoms with E-state index in [-0.39, 0.29) is 30.8 Å². The fourth-order valence-electron chi connectivity index (χ4n) is 1.69. The van der Waals surface area contributed by atoms with Crippen LogP contribution in [-0.4, -0.2) is 28.3 Å². The highest BCUT2D eigenvalue weighted by Crippen LogP contribution is 2.19. The summed E-state index contributed by atoms with van der Waals surface area (Å²) in [6, 6.07) is -0.136. The molecular weight excluding hydrogens is 278 g/mol. The number of rotatable bonds is 5. The third kappa shape index (κ3) is 4.43. The van der Waals surface area contributed by atoms with Gasteiger partial charge in [0.1, 0.15) is 0 Å². The number of nitrogens with one attached hydrogen (secondary N) is 1. The molecule has 1 aromatic heterocycles. The van der Waals surface area contributed by atoms with Crippen LogP contribution in [0.1, 0.15) is 30.4 Å². The van der Waals surface area contributed by atoms with Gasteiger partial charge in [0.15, 0.2) is 0 Å². The van der Waals surface area contributed by atoms with Crippen LogP contribution in [0.25, 0.3) is 0 Å². The van der Waals surface area contributed by atoms with E-state index >= 15 is 0 Å². The fourth-order valence-corrected chi connectivity index (χ4v) is 1.69. The zero-order chi connectivity index (χ0) is 13.9. The number of hydrogen-bond donors (Lipinski definition) is 2. The van der Waals surface area contributed by atoms with E-state index in [4.69, 9.17) is 5.73 Å². The minimum Gasteiger partial charge on any atom is -0.352 e. The molecule has 0 saturated heterocycles. The molecule has 0 aliphatic heterocycles. The lowest BCUT2D eigenvalue weighted by molar-refractivity contribution is -0.121. The van der Waals surface area contributed by atoms with Crippen LogP contribution in [0.15, 0.2) is 0 Å². The van der Waals surface area contributed by atoms with Crippen molar-refractivity contribution in [3.05, 3.63) is 17.0 Å². The summed E-state index contributed by atoms with van der Waals surface area (Å²) in [5.41, 5.74) is 6.69. The van der Waals surface area contributed by atoms with E-state index in [9.17, 15) is 13.6 Å². The van der Waals surface area contributed by atoms with Crippen molar-refractivity contribution < 1.29 is 13.6 Å². The van der Waals surface area contributed by atoms with Crippen molar-refractivity contribution in [2.24, 2.45) is 5.73 Å². The summed E-state index contributed by atoms with van der Waals surface area (Å²) in [5, 5.41) is 6.41. The summed E-state index contributed by atoms with van der Waals surface area (Å²) < 4.78 is 25.8. The Balaban J connectivity index is 0.00000324. The van der Waals surface area contributed by atoms with Gasteiger partial charge >= 0.3 is 6.55 Å². The van der Waals surface area contributed by atoms with E-state index < -0.39 is 6.55 Å². The SMILES string of the molecule is Cc1nn(C(F)F)c(C)c1CC(=O)N[C@@H](C)CN.Cl. The van der Waals surface area contributed by atoms with Gasteiger partial charge in [0.25, 0.3) is 0 Å². The zero-order valence-corrected chi connectivity index (χ0v) is 11.9. The van der Waals surface area contributed by atoms with Gasteiger partial charge in [-0.2, -0.15) is 13.9 Å². The van der Waals surface area contributed by atoms with Gasteiger partial charge < -0.3 is 11.1 Å². The minimum absolute atomic E-state index is 0. The minimum atomic E-state index is -2.69. The summed E-state index contributed by atoms with van der Waals surface area (Å²) in [4.78, 5) is 11.7. The third-order valence-corrected chi connectivity index (χ3v) is 2.76. The molecule has 0 aliphatic carbocycles. The smallest absolute Gasteiger partial charge is 0.333 e. The first-order valence-corrected chi connectivity index (χ1v) is 5.69. The third-order valence-electron chi connectivity index (χ3n) is 2.76. The second kappa shape index (κ2) is 7.40. The van der Waals surface area contributed by atoms with Gasteiger partial charge in [0, 0.05) is 23.8 Å². The first kappa shape index (κ1) is 17.8. The molecule has 110 valence electrons. The van der Waals surface area contributed by atoms with Crippen molar-refractivity contribution in [3.8, 4) is 0 Å². The lowest BCUT2D eigenvalue weighted by atomic mass is 10.1. The normalized spacial score (nSPS) is 12.2. The van der Waals surface area contributed by atoms with Crippen molar-refractivity contribution in [3.63, 3.8) is 0 Å². The lowest BCUT2D eigenvalue weighted by Gasteiger charge is -2.11. The number of amides is 1. The maximum absolute atomic E-state index is 12.6. The van der Waals surface area contributed by atoms with Crippen LogP contribution in [-0.2, 0) is 11.2 Å². The molecule has 0 aliphatic rings. The van der Waals surface area contributed by atoms with Gasteiger partial charge in [-0.1, -0.05) is 0 Å². The van der Waals surface area contributed by atoms with Crippen molar-refractivity contribution in [2.75, 3.05) is 6.54 Å². The largest absolute Gasteiger partial charge is 0.352 e. The molecule has 0 bridgehead atoms. The summed E-state index contributed by atoms with van der Waals surface area (Å²) in [6.07, 6.45) is 0.0364. The van der Waals surface area contributed by atoms with E-state index in [1.165, 1.54) is 6.92 Å². The summed E-state index contributed by atoms with van der Waals surface area (Å²) in [5.74, 6) is -0.243. The standard InChI is InChI=1S/C11H18F2N4O.ClH/c1-6(5-14)15-10(18)4-9-7(2)16-17(8(9)3)11(12)13;/h6,11H,4-5,14H2,1-3H3,(H,15,18);1H/t6-;/m0./s1. The van der Waals surface area contributed by atoms with E-state index in [1.54, 1.807) is 13.8 Å². The number of nitrogens with two attached hydrogens (primary N) is 1. The van der Waals surface area contributed by atoms with Crippen molar-refractivity contribution in [1.29, 1.82) is 0 Å². The van der Waals surface area contributed by atoms with Gasteiger partial charge in [-0.25, -0.2) is 4.68 Å². The van der Waals surface area contributed by atoms with Crippen molar-refractivity contribution in [2.45, 2.75) is 39.8 Å². The molecule has 0 fully saturated rings. The summed E-state index contributed by atoms with van der Waals surface area (Å²) in [6.45, 7) is 2.56. The number of carbonyl (C=O) groups is 1. The Morgan fingerprint density at radius 3 is 2.47 bits per heavy atom. The van der Waals surface area contributed by atoms with Gasteiger partial charge in [0.05, 0.1) is 12.1 Å². The monoisotopic (exact) mass is 296 g/mol. The van der Waals surface area contributed by atoms with Crippen LogP contribution in [0, 0.1) is 13.8 Å². The molecule has 19 heavy (non-hydrogen) atoms. The molecule has 3 N–H and O–H groups in total. The van der Waals surface area contributed by atoms with E-state index in [0.29, 0.717) is 28.2 Å². The Bertz CT molecular complexity index is 437. The van der Waals surface area contributed by atoms with E-state index in [0.717, 1.165) is 0 Å². The molecule has 0 unspecified atom stereocenters. The van der Waals surface area contributed by atoms with Crippen LogP contribution < -0.4 is 11.1 Å². The van der Waals surface area contributed by atoms with Crippen molar-refractivity contribution in [1.82, 2.24) is 15.1 Å². The van der Waals surface area contributed by atoms with E-state index in [2.05, 4.69) is 10.4 Å². The first-order chi connectivity index (χ1) is 8.36. The summed E-state index contributed by atoms with van der Waals surface area (Å²) >= 11 is 0. The Hall–Kier alpha value is -1.21. The second-order valence-corrected chi connectivity index (χ2v) is 4.25. The number of carbonyl (C=O) groups excluding carboxylic acids is 1. The first-order valence-electron chi connectivity index (χ1n) is 5.69. The van der Waals surface area contributed by atoms with Gasteiger partial charge in [-0.3, -0.25) is 4.79 Å². The Kier molecular flexibility index (Phi) is 6.93. The number of aromatic nitrogens is 2. The van der Waals surface area contributed by atoms with Crippen LogP contribution in [0.2, 0.25) is 0 Å². The Morgan fingerprint density at radius 1 is 1.47 bits per heavy atom. The molecule has 0 radical (unpaired) electrons. The molecule has 1 amide bonds. The maximum Gasteiger partial charge on any atom is 0.333 e. The lowest BCUT2D eigenvalue weighted by Crippen LogP contribution is -2.38. The molecule has 1 rings (SSSR count). The number of alkyl halides is 2. The van der Waals surface area contributed by atoms with E-state index in [1.807, 2.05) is 0 Å². The highest BCUT2D eigenvalue weighted by atomic mass is 35.5. The predicted molar refractivity (Wildman–Crippen MR) is 70.6 cm³/mol. The highest BCUT2D eigenvalue weighted by molar-refractivity contribution is 5.85. The highest BCUT2D eigenvalue weighted by Gasteiger charge is 2.19. The molecule has 1 aromatic rings. The Morgan fingerprint density at radius 2 is 2.05 bits per heavy atom. The molecule has 1 atom stereocenters. The van der Waals surface area contributed by atoms with Crippen molar-refractivity contribution >= 4 is 18.3 Å². The number of hydrogen-bond acceptors (Lipinski definition) is 3. The average molecular weight is 297 g/mol. The summed E-state index contributed by atoms with van der Waals surface area (Å²) in [7, 11) is 0. The molecule has 0 aromatic carbocycles. The maximum atomic E-state index is 12.6. The van der Waals surface area contributed by atoms with Gasteiger partial charge in [-0.15, -0.1) is 12.4 Å². The van der Waals surface area contributed by atoms with Gasteiger partial charge in [0.2, 0.25) is 5.91 Å². The average Bonchev–Trinajstić information content (AvgIpc) is 2.56. The number of aryl methyl sites for hydroxylation is 1.